The van der Waals surface area contributed by atoms with Crippen molar-refractivity contribution in [3.8, 4) is 0 Å². The van der Waals surface area contributed by atoms with Crippen LogP contribution >= 0.6 is 0 Å². The molecule has 1 N–H and O–H groups in total. The van der Waals surface area contributed by atoms with Crippen LogP contribution in [-0.2, 0) is 13.6 Å². The molecule has 6 heteroatoms. The predicted molar refractivity (Wildman–Crippen MR) is 100 cm³/mol. The van der Waals surface area contributed by atoms with Crippen LogP contribution in [0.1, 0.15) is 50.8 Å². The topological polar surface area (TPSA) is 48.7 Å². The van der Waals surface area contributed by atoms with E-state index in [0.29, 0.717) is 12.0 Å². The first-order valence-corrected chi connectivity index (χ1v) is 8.99. The van der Waals surface area contributed by atoms with E-state index in [0.717, 1.165) is 25.1 Å². The SMILES string of the molecule is CN=C(NCC(C)N(C)C1CC1)N(C)Cc1cn(C)nc1C(C)C. The van der Waals surface area contributed by atoms with Crippen LogP contribution in [0, 0.1) is 0 Å². The Labute approximate surface area is 146 Å². The van der Waals surface area contributed by atoms with Gasteiger partial charge in [-0.2, -0.15) is 5.10 Å². The Kier molecular flexibility index (Phi) is 6.27. The zero-order valence-corrected chi connectivity index (χ0v) is 16.4. The average Bonchev–Trinajstić information content (AvgIpc) is 3.30. The van der Waals surface area contributed by atoms with Gasteiger partial charge in [-0.25, -0.2) is 0 Å². The number of aliphatic imine (C=N–C) groups is 1. The van der Waals surface area contributed by atoms with Gasteiger partial charge >= 0.3 is 0 Å². The minimum Gasteiger partial charge on any atom is -0.355 e. The fourth-order valence-corrected chi connectivity index (χ4v) is 3.10. The van der Waals surface area contributed by atoms with Crippen LogP contribution < -0.4 is 5.32 Å². The molecule has 0 saturated heterocycles. The number of nitrogens with zero attached hydrogens (tertiary/aromatic N) is 5. The van der Waals surface area contributed by atoms with E-state index in [-0.39, 0.29) is 0 Å². The van der Waals surface area contributed by atoms with Crippen molar-refractivity contribution in [3.63, 3.8) is 0 Å². The Morgan fingerprint density at radius 3 is 2.58 bits per heavy atom. The molecule has 1 atom stereocenters. The number of rotatable bonds is 7. The van der Waals surface area contributed by atoms with E-state index >= 15 is 0 Å². The lowest BCUT2D eigenvalue weighted by molar-refractivity contribution is 0.246. The van der Waals surface area contributed by atoms with Gasteiger partial charge in [-0.05, 0) is 32.7 Å². The van der Waals surface area contributed by atoms with Crippen molar-refractivity contribution in [1.82, 2.24) is 24.9 Å². The summed E-state index contributed by atoms with van der Waals surface area (Å²) in [6.45, 7) is 8.38. The van der Waals surface area contributed by atoms with Gasteiger partial charge < -0.3 is 10.2 Å². The fraction of sp³-hybridized carbons (Fsp3) is 0.778. The summed E-state index contributed by atoms with van der Waals surface area (Å²) in [5, 5.41) is 8.11. The summed E-state index contributed by atoms with van der Waals surface area (Å²) in [5.41, 5.74) is 2.43. The first-order valence-electron chi connectivity index (χ1n) is 8.99. The van der Waals surface area contributed by atoms with Crippen molar-refractivity contribution >= 4 is 5.96 Å². The summed E-state index contributed by atoms with van der Waals surface area (Å²) in [5.74, 6) is 1.36. The minimum absolute atomic E-state index is 0.428. The van der Waals surface area contributed by atoms with Crippen molar-refractivity contribution < 1.29 is 0 Å². The Morgan fingerprint density at radius 1 is 1.38 bits per heavy atom. The third-order valence-corrected chi connectivity index (χ3v) is 4.84. The highest BCUT2D eigenvalue weighted by Crippen LogP contribution is 2.26. The number of guanidine groups is 1. The van der Waals surface area contributed by atoms with Gasteiger partial charge in [-0.3, -0.25) is 14.6 Å². The molecule has 0 radical (unpaired) electrons. The van der Waals surface area contributed by atoms with Crippen molar-refractivity contribution in [2.75, 3.05) is 27.7 Å². The van der Waals surface area contributed by atoms with Crippen LogP contribution in [-0.4, -0.2) is 65.3 Å². The Balaban J connectivity index is 1.92. The van der Waals surface area contributed by atoms with Crippen LogP contribution in [0.15, 0.2) is 11.2 Å². The highest BCUT2D eigenvalue weighted by atomic mass is 15.3. The molecule has 1 fully saturated rings. The molecule has 2 rings (SSSR count). The first-order chi connectivity index (χ1) is 11.3. The summed E-state index contributed by atoms with van der Waals surface area (Å²) >= 11 is 0. The molecular weight excluding hydrogens is 300 g/mol. The van der Waals surface area contributed by atoms with E-state index in [2.05, 4.69) is 66.3 Å². The Bertz CT molecular complexity index is 558. The summed E-state index contributed by atoms with van der Waals surface area (Å²) in [7, 11) is 8.14. The second-order valence-corrected chi connectivity index (χ2v) is 7.40. The lowest BCUT2D eigenvalue weighted by Gasteiger charge is -2.28. The number of aromatic nitrogens is 2. The molecule has 1 aromatic rings. The van der Waals surface area contributed by atoms with Gasteiger partial charge in [0.05, 0.1) is 5.69 Å². The van der Waals surface area contributed by atoms with Crippen LogP contribution in [0.4, 0.5) is 0 Å². The number of nitrogens with one attached hydrogen (secondary N) is 1. The molecule has 0 spiro atoms. The number of hydrogen-bond donors (Lipinski definition) is 1. The molecule has 0 aromatic carbocycles. The van der Waals surface area contributed by atoms with Crippen molar-refractivity contribution in [1.29, 1.82) is 0 Å². The molecular formula is C18H34N6. The summed E-state index contributed by atoms with van der Waals surface area (Å²) in [6, 6.07) is 1.29. The van der Waals surface area contributed by atoms with Gasteiger partial charge in [0, 0.05) is 58.1 Å². The highest BCUT2D eigenvalue weighted by molar-refractivity contribution is 5.79. The maximum absolute atomic E-state index is 4.60. The maximum Gasteiger partial charge on any atom is 0.193 e. The van der Waals surface area contributed by atoms with Gasteiger partial charge in [0.2, 0.25) is 0 Å². The zero-order chi connectivity index (χ0) is 17.9. The Morgan fingerprint density at radius 2 is 2.04 bits per heavy atom. The smallest absolute Gasteiger partial charge is 0.193 e. The van der Waals surface area contributed by atoms with Crippen LogP contribution in [0.2, 0.25) is 0 Å². The number of likely N-dealkylation sites (N-methyl/N-ethyl adjacent to an activating group) is 1. The molecule has 1 unspecified atom stereocenters. The summed E-state index contributed by atoms with van der Waals surface area (Å²) in [6.07, 6.45) is 4.80. The molecule has 6 nitrogen and oxygen atoms in total. The molecule has 1 aliphatic carbocycles. The van der Waals surface area contributed by atoms with E-state index in [4.69, 9.17) is 0 Å². The molecule has 0 aliphatic heterocycles. The molecule has 1 aliphatic rings. The van der Waals surface area contributed by atoms with E-state index in [9.17, 15) is 0 Å². The van der Waals surface area contributed by atoms with Crippen molar-refractivity contribution in [2.24, 2.45) is 12.0 Å². The Hall–Kier alpha value is -1.56. The predicted octanol–water partition coefficient (Wildman–Crippen LogP) is 2.03. The molecule has 24 heavy (non-hydrogen) atoms. The van der Waals surface area contributed by atoms with Gasteiger partial charge in [-0.1, -0.05) is 13.8 Å². The molecule has 1 saturated carbocycles. The van der Waals surface area contributed by atoms with E-state index < -0.39 is 0 Å². The van der Waals surface area contributed by atoms with E-state index in [1.807, 2.05) is 18.8 Å². The standard InChI is InChI=1S/C18H34N6/c1-13(2)17-15(12-23(6)21-17)11-22(5)18(19-4)20-10-14(3)24(7)16-8-9-16/h12-14,16H,8-11H2,1-7H3,(H,19,20). The molecule has 0 bridgehead atoms. The van der Waals surface area contributed by atoms with Gasteiger partial charge in [-0.15, -0.1) is 0 Å². The largest absolute Gasteiger partial charge is 0.355 e. The van der Waals surface area contributed by atoms with Crippen molar-refractivity contribution in [2.45, 2.75) is 58.2 Å². The monoisotopic (exact) mass is 334 g/mol. The number of hydrogen-bond acceptors (Lipinski definition) is 3. The quantitative estimate of drug-likeness (QED) is 0.612. The molecule has 0 amide bonds. The second-order valence-electron chi connectivity index (χ2n) is 7.40. The van der Waals surface area contributed by atoms with Crippen molar-refractivity contribution in [3.05, 3.63) is 17.5 Å². The maximum atomic E-state index is 4.60. The van der Waals surface area contributed by atoms with E-state index in [1.54, 1.807) is 0 Å². The molecule has 1 heterocycles. The van der Waals surface area contributed by atoms with Gasteiger partial charge in [0.15, 0.2) is 5.96 Å². The number of aryl methyl sites for hydroxylation is 1. The fourth-order valence-electron chi connectivity index (χ4n) is 3.10. The summed E-state index contributed by atoms with van der Waals surface area (Å²) < 4.78 is 1.90. The first kappa shape index (κ1) is 18.8. The van der Waals surface area contributed by atoms with Crippen LogP contribution in [0.3, 0.4) is 0 Å². The lowest BCUT2D eigenvalue weighted by Crippen LogP contribution is -2.45. The third-order valence-electron chi connectivity index (χ3n) is 4.84. The zero-order valence-electron chi connectivity index (χ0n) is 16.4. The van der Waals surface area contributed by atoms with Crippen LogP contribution in [0.5, 0.6) is 0 Å². The highest BCUT2D eigenvalue weighted by Gasteiger charge is 2.29. The van der Waals surface area contributed by atoms with E-state index in [1.165, 1.54) is 24.1 Å². The molecule has 1 aromatic heterocycles. The third kappa shape index (κ3) is 4.72. The van der Waals surface area contributed by atoms with Crippen LogP contribution in [0.25, 0.3) is 0 Å². The van der Waals surface area contributed by atoms with Gasteiger partial charge in [0.1, 0.15) is 0 Å². The average molecular weight is 335 g/mol. The summed E-state index contributed by atoms with van der Waals surface area (Å²) in [4.78, 5) is 9.09. The second kappa shape index (κ2) is 8.01. The lowest BCUT2D eigenvalue weighted by atomic mass is 10.1. The minimum atomic E-state index is 0.428. The molecule has 136 valence electrons. The normalized spacial score (nSPS) is 16.8. The van der Waals surface area contributed by atoms with Gasteiger partial charge in [0.25, 0.3) is 0 Å².